The van der Waals surface area contributed by atoms with Gasteiger partial charge in [-0.3, -0.25) is 4.79 Å². The van der Waals surface area contributed by atoms with Crippen LogP contribution in [0.3, 0.4) is 0 Å². The minimum absolute atomic E-state index is 0.0676. The Morgan fingerprint density at radius 2 is 1.90 bits per heavy atom. The molecule has 0 spiro atoms. The van der Waals surface area contributed by atoms with Gasteiger partial charge in [0.25, 0.3) is 5.91 Å². The van der Waals surface area contributed by atoms with E-state index in [4.69, 9.17) is 0 Å². The fourth-order valence-corrected chi connectivity index (χ4v) is 3.57. The lowest BCUT2D eigenvalue weighted by Crippen LogP contribution is -2.57. The molecule has 1 aliphatic heterocycles. The highest BCUT2D eigenvalue weighted by molar-refractivity contribution is 5.85. The standard InChI is InChI=1S/C20H23F4N3O2/c1-3-13-4-5-17(15(21)12-13)27-16(6-9-25-27)14-7-10-26(11-8-14)18(28)19(2,29)20(22,23)24/h4-6,9,12,14,29H,3,7-8,10-11H2,1-2H3. The number of piperidine rings is 1. The van der Waals surface area contributed by atoms with Crippen LogP contribution in [0.5, 0.6) is 0 Å². The third-order valence-electron chi connectivity index (χ3n) is 5.49. The number of carbonyl (C=O) groups excluding carboxylic acids is 1. The number of aryl methyl sites for hydroxylation is 1. The third kappa shape index (κ3) is 4.01. The van der Waals surface area contributed by atoms with Crippen LogP contribution in [-0.4, -0.2) is 50.6 Å². The molecule has 1 saturated heterocycles. The average Bonchev–Trinajstić information content (AvgIpc) is 3.16. The van der Waals surface area contributed by atoms with E-state index in [2.05, 4.69) is 5.10 Å². The van der Waals surface area contributed by atoms with Crippen molar-refractivity contribution < 1.29 is 27.5 Å². The molecule has 1 atom stereocenters. The van der Waals surface area contributed by atoms with Crippen molar-refractivity contribution in [3.8, 4) is 5.69 Å². The van der Waals surface area contributed by atoms with E-state index in [1.54, 1.807) is 18.3 Å². The molecule has 9 heteroatoms. The van der Waals surface area contributed by atoms with E-state index in [0.29, 0.717) is 31.9 Å². The van der Waals surface area contributed by atoms with Crippen molar-refractivity contribution in [1.29, 1.82) is 0 Å². The molecule has 1 amide bonds. The van der Waals surface area contributed by atoms with Gasteiger partial charge in [0.05, 0.1) is 0 Å². The molecule has 0 radical (unpaired) electrons. The van der Waals surface area contributed by atoms with Crippen LogP contribution in [0.25, 0.3) is 5.69 Å². The molecule has 1 aromatic carbocycles. The van der Waals surface area contributed by atoms with Crippen LogP contribution >= 0.6 is 0 Å². The van der Waals surface area contributed by atoms with E-state index in [1.165, 1.54) is 10.7 Å². The number of benzene rings is 1. The fourth-order valence-electron chi connectivity index (χ4n) is 3.57. The van der Waals surface area contributed by atoms with Crippen LogP contribution in [0.15, 0.2) is 30.5 Å². The minimum Gasteiger partial charge on any atom is -0.373 e. The molecule has 0 saturated carbocycles. The Morgan fingerprint density at radius 1 is 1.24 bits per heavy atom. The van der Waals surface area contributed by atoms with Crippen LogP contribution in [0.1, 0.15) is 43.9 Å². The molecule has 1 unspecified atom stereocenters. The lowest BCUT2D eigenvalue weighted by atomic mass is 9.92. The van der Waals surface area contributed by atoms with Gasteiger partial charge in [-0.2, -0.15) is 18.3 Å². The van der Waals surface area contributed by atoms with Crippen LogP contribution in [0.2, 0.25) is 0 Å². The summed E-state index contributed by atoms with van der Waals surface area (Å²) in [5.41, 5.74) is -1.50. The maximum Gasteiger partial charge on any atom is 0.426 e. The smallest absolute Gasteiger partial charge is 0.373 e. The number of likely N-dealkylation sites (tertiary alicyclic amines) is 1. The SMILES string of the molecule is CCc1ccc(-n2nccc2C2CCN(C(=O)C(C)(O)C(F)(F)F)CC2)c(F)c1. The van der Waals surface area contributed by atoms with Gasteiger partial charge in [-0.05, 0) is 49.9 Å². The largest absolute Gasteiger partial charge is 0.426 e. The number of amides is 1. The van der Waals surface area contributed by atoms with E-state index in [0.717, 1.165) is 16.2 Å². The summed E-state index contributed by atoms with van der Waals surface area (Å²) in [6, 6.07) is 6.69. The molecule has 29 heavy (non-hydrogen) atoms. The zero-order valence-corrected chi connectivity index (χ0v) is 16.2. The minimum atomic E-state index is -5.04. The summed E-state index contributed by atoms with van der Waals surface area (Å²) in [4.78, 5) is 13.2. The first-order valence-electron chi connectivity index (χ1n) is 9.47. The lowest BCUT2D eigenvalue weighted by Gasteiger charge is -2.36. The van der Waals surface area contributed by atoms with Crippen molar-refractivity contribution in [2.45, 2.75) is 50.8 Å². The molecule has 1 aromatic heterocycles. The zero-order valence-electron chi connectivity index (χ0n) is 16.2. The van der Waals surface area contributed by atoms with Gasteiger partial charge in [-0.1, -0.05) is 13.0 Å². The first-order valence-corrected chi connectivity index (χ1v) is 9.47. The molecular weight excluding hydrogens is 390 g/mol. The van der Waals surface area contributed by atoms with Gasteiger partial charge in [0.15, 0.2) is 0 Å². The molecule has 5 nitrogen and oxygen atoms in total. The van der Waals surface area contributed by atoms with Gasteiger partial charge in [0.2, 0.25) is 5.60 Å². The predicted molar refractivity (Wildman–Crippen MR) is 98.1 cm³/mol. The second kappa shape index (κ2) is 7.78. The van der Waals surface area contributed by atoms with Crippen LogP contribution < -0.4 is 0 Å². The fraction of sp³-hybridized carbons (Fsp3) is 0.500. The summed E-state index contributed by atoms with van der Waals surface area (Å²) in [6.45, 7) is 2.54. The summed E-state index contributed by atoms with van der Waals surface area (Å²) < 4.78 is 54.8. The van der Waals surface area contributed by atoms with Gasteiger partial charge in [0, 0.05) is 30.9 Å². The van der Waals surface area contributed by atoms with E-state index < -0.39 is 23.5 Å². The Bertz CT molecular complexity index is 884. The molecule has 158 valence electrons. The highest BCUT2D eigenvalue weighted by Gasteiger charge is 2.57. The number of aromatic nitrogens is 2. The van der Waals surface area contributed by atoms with Crippen molar-refractivity contribution in [3.63, 3.8) is 0 Å². The Kier molecular flexibility index (Phi) is 5.71. The Labute approximate surface area is 165 Å². The van der Waals surface area contributed by atoms with Gasteiger partial charge < -0.3 is 10.0 Å². The molecule has 1 fully saturated rings. The van der Waals surface area contributed by atoms with Gasteiger partial charge in [-0.25, -0.2) is 9.07 Å². The van der Waals surface area contributed by atoms with E-state index in [9.17, 15) is 27.5 Å². The van der Waals surface area contributed by atoms with Crippen LogP contribution in [0.4, 0.5) is 17.6 Å². The quantitative estimate of drug-likeness (QED) is 0.780. The number of aliphatic hydroxyl groups is 1. The number of halogens is 4. The molecule has 2 aromatic rings. The van der Waals surface area contributed by atoms with E-state index in [-0.39, 0.29) is 19.0 Å². The number of rotatable bonds is 4. The Morgan fingerprint density at radius 3 is 2.45 bits per heavy atom. The number of nitrogens with zero attached hydrogens (tertiary/aromatic N) is 3. The Hall–Kier alpha value is -2.42. The second-order valence-corrected chi connectivity index (χ2v) is 7.44. The molecule has 0 aliphatic carbocycles. The number of hydrogen-bond acceptors (Lipinski definition) is 3. The van der Waals surface area contributed by atoms with E-state index >= 15 is 0 Å². The normalized spacial score (nSPS) is 18.0. The maximum atomic E-state index is 14.5. The number of carbonyl (C=O) groups is 1. The van der Waals surface area contributed by atoms with Gasteiger partial charge in [-0.15, -0.1) is 0 Å². The van der Waals surface area contributed by atoms with Crippen molar-refractivity contribution in [2.24, 2.45) is 0 Å². The first-order chi connectivity index (χ1) is 13.6. The van der Waals surface area contributed by atoms with Gasteiger partial charge >= 0.3 is 6.18 Å². The highest BCUT2D eigenvalue weighted by Crippen LogP contribution is 2.35. The topological polar surface area (TPSA) is 58.4 Å². The molecule has 1 aliphatic rings. The summed E-state index contributed by atoms with van der Waals surface area (Å²) in [5.74, 6) is -1.84. The number of alkyl halides is 3. The zero-order chi connectivity index (χ0) is 21.4. The van der Waals surface area contributed by atoms with Gasteiger partial charge in [0.1, 0.15) is 11.5 Å². The molecular formula is C20H23F4N3O2. The molecule has 2 heterocycles. The lowest BCUT2D eigenvalue weighted by molar-refractivity contribution is -0.250. The van der Waals surface area contributed by atoms with Crippen molar-refractivity contribution >= 4 is 5.91 Å². The molecule has 3 rings (SSSR count). The highest BCUT2D eigenvalue weighted by atomic mass is 19.4. The average molecular weight is 413 g/mol. The molecule has 0 bridgehead atoms. The van der Waals surface area contributed by atoms with Crippen molar-refractivity contribution in [1.82, 2.24) is 14.7 Å². The predicted octanol–water partition coefficient (Wildman–Crippen LogP) is 3.59. The summed E-state index contributed by atoms with van der Waals surface area (Å²) in [6.07, 6.45) is -2.01. The Balaban J connectivity index is 1.75. The third-order valence-corrected chi connectivity index (χ3v) is 5.49. The van der Waals surface area contributed by atoms with Crippen LogP contribution in [0, 0.1) is 5.82 Å². The van der Waals surface area contributed by atoms with E-state index in [1.807, 2.05) is 13.0 Å². The van der Waals surface area contributed by atoms with Crippen molar-refractivity contribution in [2.75, 3.05) is 13.1 Å². The summed E-state index contributed by atoms with van der Waals surface area (Å²) in [7, 11) is 0. The van der Waals surface area contributed by atoms with Crippen molar-refractivity contribution in [3.05, 3.63) is 47.5 Å². The summed E-state index contributed by atoms with van der Waals surface area (Å²) >= 11 is 0. The first kappa shape index (κ1) is 21.3. The monoisotopic (exact) mass is 413 g/mol. The molecule has 1 N–H and O–H groups in total. The summed E-state index contributed by atoms with van der Waals surface area (Å²) in [5, 5.41) is 13.8. The maximum absolute atomic E-state index is 14.5. The second-order valence-electron chi connectivity index (χ2n) is 7.44. The number of hydrogen-bond donors (Lipinski definition) is 1. The van der Waals surface area contributed by atoms with Crippen LogP contribution in [-0.2, 0) is 11.2 Å².